The van der Waals surface area contributed by atoms with Crippen LogP contribution in [0.25, 0.3) is 11.1 Å². The van der Waals surface area contributed by atoms with Gasteiger partial charge in [-0.15, -0.1) is 0 Å². The Kier molecular flexibility index (Phi) is 3.60. The Morgan fingerprint density at radius 3 is 2.67 bits per heavy atom. The summed E-state index contributed by atoms with van der Waals surface area (Å²) in [6, 6.07) is 7.67. The molecule has 0 aliphatic carbocycles. The molecular weight excluding hydrogens is 224 g/mol. The highest BCUT2D eigenvalue weighted by molar-refractivity contribution is 5.88. The predicted octanol–water partition coefficient (Wildman–Crippen LogP) is 3.39. The quantitative estimate of drug-likeness (QED) is 0.770. The highest BCUT2D eigenvalue weighted by atomic mass is 16.1. The van der Waals surface area contributed by atoms with Crippen LogP contribution in [0.3, 0.4) is 0 Å². The number of rotatable bonds is 4. The normalized spacial score (nSPS) is 10.6. The van der Waals surface area contributed by atoms with E-state index >= 15 is 0 Å². The summed E-state index contributed by atoms with van der Waals surface area (Å²) in [6.45, 7) is 7.11. The van der Waals surface area contributed by atoms with Crippen LogP contribution in [0.4, 0.5) is 0 Å². The molecule has 3 nitrogen and oxygen atoms in total. The standard InChI is InChI=1S/C15H18N2O/c1-4-9-17-12(3)15(11(2)16-17)14-8-6-5-7-13(14)10-18/h5-8,10H,4,9H2,1-3H3. The largest absolute Gasteiger partial charge is 0.298 e. The Hall–Kier alpha value is -1.90. The van der Waals surface area contributed by atoms with Gasteiger partial charge in [-0.25, -0.2) is 0 Å². The molecule has 1 aromatic carbocycles. The minimum atomic E-state index is 0.722. The number of aromatic nitrogens is 2. The molecule has 0 atom stereocenters. The van der Waals surface area contributed by atoms with E-state index in [0.29, 0.717) is 0 Å². The second-order valence-electron chi connectivity index (χ2n) is 4.47. The lowest BCUT2D eigenvalue weighted by Crippen LogP contribution is -2.01. The van der Waals surface area contributed by atoms with Crippen LogP contribution >= 0.6 is 0 Å². The van der Waals surface area contributed by atoms with Crippen molar-refractivity contribution in [2.24, 2.45) is 0 Å². The van der Waals surface area contributed by atoms with Gasteiger partial charge in [-0.05, 0) is 25.8 Å². The van der Waals surface area contributed by atoms with Crippen LogP contribution < -0.4 is 0 Å². The average molecular weight is 242 g/mol. The second-order valence-corrected chi connectivity index (χ2v) is 4.47. The summed E-state index contributed by atoms with van der Waals surface area (Å²) in [7, 11) is 0. The number of carbonyl (C=O) groups is 1. The molecule has 0 N–H and O–H groups in total. The van der Waals surface area contributed by atoms with E-state index in [9.17, 15) is 4.79 Å². The van der Waals surface area contributed by atoms with Gasteiger partial charge >= 0.3 is 0 Å². The van der Waals surface area contributed by atoms with E-state index in [2.05, 4.69) is 18.9 Å². The Balaban J connectivity index is 2.60. The summed E-state index contributed by atoms with van der Waals surface area (Å²) in [5, 5.41) is 4.55. The summed E-state index contributed by atoms with van der Waals surface area (Å²) in [5.74, 6) is 0. The summed E-state index contributed by atoms with van der Waals surface area (Å²) in [5.41, 5.74) is 4.90. The third kappa shape index (κ3) is 2.08. The molecule has 1 heterocycles. The Labute approximate surface area is 107 Å². The summed E-state index contributed by atoms with van der Waals surface area (Å²) in [6.07, 6.45) is 1.96. The topological polar surface area (TPSA) is 34.9 Å². The smallest absolute Gasteiger partial charge is 0.150 e. The lowest BCUT2D eigenvalue weighted by molar-refractivity contribution is 0.112. The fraction of sp³-hybridized carbons (Fsp3) is 0.333. The maximum absolute atomic E-state index is 11.1. The molecule has 2 aromatic rings. The van der Waals surface area contributed by atoms with E-state index in [0.717, 1.165) is 47.3 Å². The Morgan fingerprint density at radius 2 is 2.00 bits per heavy atom. The van der Waals surface area contributed by atoms with Crippen molar-refractivity contribution in [2.75, 3.05) is 0 Å². The van der Waals surface area contributed by atoms with Gasteiger partial charge in [-0.3, -0.25) is 9.48 Å². The molecule has 1 aromatic heterocycles. The van der Waals surface area contributed by atoms with E-state index in [1.807, 2.05) is 35.9 Å². The molecule has 0 saturated heterocycles. The highest BCUT2D eigenvalue weighted by Gasteiger charge is 2.15. The van der Waals surface area contributed by atoms with Crippen molar-refractivity contribution < 1.29 is 4.79 Å². The number of benzene rings is 1. The molecule has 0 saturated carbocycles. The van der Waals surface area contributed by atoms with Crippen molar-refractivity contribution in [1.29, 1.82) is 0 Å². The van der Waals surface area contributed by atoms with Crippen molar-refractivity contribution in [2.45, 2.75) is 33.7 Å². The first-order valence-corrected chi connectivity index (χ1v) is 6.27. The third-order valence-electron chi connectivity index (χ3n) is 3.17. The first-order chi connectivity index (χ1) is 8.69. The van der Waals surface area contributed by atoms with Gasteiger partial charge in [-0.1, -0.05) is 31.2 Å². The maximum atomic E-state index is 11.1. The van der Waals surface area contributed by atoms with E-state index in [-0.39, 0.29) is 0 Å². The van der Waals surface area contributed by atoms with Crippen molar-refractivity contribution in [3.05, 3.63) is 41.2 Å². The summed E-state index contributed by atoms with van der Waals surface area (Å²) in [4.78, 5) is 11.1. The van der Waals surface area contributed by atoms with E-state index in [1.165, 1.54) is 0 Å². The third-order valence-corrected chi connectivity index (χ3v) is 3.17. The van der Waals surface area contributed by atoms with Gasteiger partial charge < -0.3 is 0 Å². The molecule has 0 bridgehead atoms. The van der Waals surface area contributed by atoms with Crippen molar-refractivity contribution in [3.8, 4) is 11.1 Å². The zero-order valence-electron chi connectivity index (χ0n) is 11.1. The SMILES string of the molecule is CCCn1nc(C)c(-c2ccccc2C=O)c1C. The molecule has 0 fully saturated rings. The van der Waals surface area contributed by atoms with Gasteiger partial charge in [0.1, 0.15) is 0 Å². The molecule has 18 heavy (non-hydrogen) atoms. The molecule has 0 spiro atoms. The van der Waals surface area contributed by atoms with E-state index in [4.69, 9.17) is 0 Å². The fourth-order valence-corrected chi connectivity index (χ4v) is 2.34. The number of hydrogen-bond acceptors (Lipinski definition) is 2. The number of aldehydes is 1. The lowest BCUT2D eigenvalue weighted by Gasteiger charge is -2.06. The van der Waals surface area contributed by atoms with Crippen LogP contribution in [0.2, 0.25) is 0 Å². The van der Waals surface area contributed by atoms with E-state index < -0.39 is 0 Å². The lowest BCUT2D eigenvalue weighted by atomic mass is 9.99. The molecule has 0 amide bonds. The van der Waals surface area contributed by atoms with Crippen LogP contribution in [0, 0.1) is 13.8 Å². The minimum absolute atomic E-state index is 0.722. The predicted molar refractivity (Wildman–Crippen MR) is 72.8 cm³/mol. The maximum Gasteiger partial charge on any atom is 0.150 e. The first kappa shape index (κ1) is 12.6. The number of aryl methyl sites for hydroxylation is 2. The van der Waals surface area contributed by atoms with Gasteiger partial charge in [-0.2, -0.15) is 5.10 Å². The average Bonchev–Trinajstić information content (AvgIpc) is 2.65. The van der Waals surface area contributed by atoms with Gasteiger partial charge in [0, 0.05) is 23.4 Å². The van der Waals surface area contributed by atoms with Gasteiger partial charge in [0.2, 0.25) is 0 Å². The van der Waals surface area contributed by atoms with Crippen molar-refractivity contribution >= 4 is 6.29 Å². The van der Waals surface area contributed by atoms with Crippen LogP contribution in [0.15, 0.2) is 24.3 Å². The van der Waals surface area contributed by atoms with Crippen molar-refractivity contribution in [3.63, 3.8) is 0 Å². The molecule has 2 rings (SSSR count). The summed E-state index contributed by atoms with van der Waals surface area (Å²) < 4.78 is 2.02. The second kappa shape index (κ2) is 5.17. The van der Waals surface area contributed by atoms with Crippen LogP contribution in [0.5, 0.6) is 0 Å². The molecule has 0 aliphatic rings. The zero-order chi connectivity index (χ0) is 13.1. The van der Waals surface area contributed by atoms with Gasteiger partial charge in [0.05, 0.1) is 5.69 Å². The highest BCUT2D eigenvalue weighted by Crippen LogP contribution is 2.29. The minimum Gasteiger partial charge on any atom is -0.298 e. The first-order valence-electron chi connectivity index (χ1n) is 6.27. The van der Waals surface area contributed by atoms with Crippen LogP contribution in [-0.4, -0.2) is 16.1 Å². The molecule has 3 heteroatoms. The van der Waals surface area contributed by atoms with Gasteiger partial charge in [0.15, 0.2) is 6.29 Å². The van der Waals surface area contributed by atoms with Crippen molar-refractivity contribution in [1.82, 2.24) is 9.78 Å². The van der Waals surface area contributed by atoms with Crippen LogP contribution in [0.1, 0.15) is 35.1 Å². The zero-order valence-corrected chi connectivity index (χ0v) is 11.1. The number of nitrogens with zero attached hydrogens (tertiary/aromatic N) is 2. The van der Waals surface area contributed by atoms with E-state index in [1.54, 1.807) is 0 Å². The number of carbonyl (C=O) groups excluding carboxylic acids is 1. The molecular formula is C15H18N2O. The summed E-state index contributed by atoms with van der Waals surface area (Å²) >= 11 is 0. The fourth-order valence-electron chi connectivity index (χ4n) is 2.34. The molecule has 0 aliphatic heterocycles. The molecule has 0 radical (unpaired) electrons. The number of hydrogen-bond donors (Lipinski definition) is 0. The molecule has 94 valence electrons. The molecule has 0 unspecified atom stereocenters. The monoisotopic (exact) mass is 242 g/mol. The Bertz CT molecular complexity index is 570. The van der Waals surface area contributed by atoms with Crippen LogP contribution in [-0.2, 0) is 6.54 Å². The van der Waals surface area contributed by atoms with Gasteiger partial charge in [0.25, 0.3) is 0 Å². The Morgan fingerprint density at radius 1 is 1.28 bits per heavy atom.